The fraction of sp³-hybridized carbons (Fsp3) is 0.533. The van der Waals surface area contributed by atoms with Crippen molar-refractivity contribution in [2.45, 2.75) is 40.2 Å². The molecule has 0 aliphatic carbocycles. The van der Waals surface area contributed by atoms with E-state index >= 15 is 0 Å². The number of carbonyl (C=O) groups excluding carboxylic acids is 1. The van der Waals surface area contributed by atoms with Crippen LogP contribution in [-0.4, -0.2) is 28.8 Å². The van der Waals surface area contributed by atoms with E-state index in [1.54, 1.807) is 25.1 Å². The summed E-state index contributed by atoms with van der Waals surface area (Å²) in [4.78, 5) is 12.0. The highest BCUT2D eigenvalue weighted by Gasteiger charge is 2.18. The molecule has 0 bridgehead atoms. The first kappa shape index (κ1) is 15.5. The zero-order valence-corrected chi connectivity index (χ0v) is 12.0. The number of aliphatic hydroxyl groups excluding tert-OH is 1. The molecule has 3 N–H and O–H groups in total. The molecule has 0 spiro atoms. The summed E-state index contributed by atoms with van der Waals surface area (Å²) in [6.45, 7) is 8.02. The van der Waals surface area contributed by atoms with Gasteiger partial charge in [0.25, 0.3) is 5.91 Å². The fourth-order valence-corrected chi connectivity index (χ4v) is 1.95. The molecule has 1 aromatic rings. The molecule has 0 radical (unpaired) electrons. The third-order valence-electron chi connectivity index (χ3n) is 2.90. The lowest BCUT2D eigenvalue weighted by Crippen LogP contribution is -2.34. The van der Waals surface area contributed by atoms with E-state index in [4.69, 9.17) is 0 Å². The smallest absolute Gasteiger partial charge is 0.251 e. The zero-order valence-electron chi connectivity index (χ0n) is 12.0. The minimum absolute atomic E-state index is 0.0189. The maximum Gasteiger partial charge on any atom is 0.251 e. The third-order valence-corrected chi connectivity index (χ3v) is 2.90. The molecule has 1 aromatic carbocycles. The van der Waals surface area contributed by atoms with E-state index in [1.807, 2.05) is 20.8 Å². The highest BCUT2D eigenvalue weighted by atomic mass is 16.3. The van der Waals surface area contributed by atoms with Crippen LogP contribution in [0.15, 0.2) is 18.2 Å². The first-order valence-electron chi connectivity index (χ1n) is 6.45. The van der Waals surface area contributed by atoms with Crippen LogP contribution >= 0.6 is 0 Å². The van der Waals surface area contributed by atoms with Crippen molar-refractivity contribution >= 4 is 5.91 Å². The van der Waals surface area contributed by atoms with Crippen LogP contribution in [0.25, 0.3) is 0 Å². The summed E-state index contributed by atoms with van der Waals surface area (Å²) in [7, 11) is 0. The number of hydrogen-bond acceptors (Lipinski definition) is 3. The predicted molar refractivity (Wildman–Crippen MR) is 75.3 cm³/mol. The van der Waals surface area contributed by atoms with Crippen molar-refractivity contribution in [2.24, 2.45) is 5.41 Å². The largest absolute Gasteiger partial charge is 0.508 e. The zero-order chi connectivity index (χ0) is 14.6. The average Bonchev–Trinajstić information content (AvgIpc) is 2.27. The predicted octanol–water partition coefficient (Wildman–Crippen LogP) is 2.23. The van der Waals surface area contributed by atoms with Crippen LogP contribution < -0.4 is 5.32 Å². The van der Waals surface area contributed by atoms with E-state index in [0.29, 0.717) is 17.5 Å². The molecule has 0 saturated heterocycles. The van der Waals surface area contributed by atoms with Gasteiger partial charge >= 0.3 is 0 Å². The molecule has 4 nitrogen and oxygen atoms in total. The van der Waals surface area contributed by atoms with Gasteiger partial charge in [-0.15, -0.1) is 0 Å². The molecule has 1 rings (SSSR count). The van der Waals surface area contributed by atoms with Crippen LogP contribution in [0.1, 0.15) is 43.1 Å². The lowest BCUT2D eigenvalue weighted by molar-refractivity contribution is 0.0867. The van der Waals surface area contributed by atoms with Gasteiger partial charge in [-0.1, -0.05) is 26.8 Å². The van der Waals surface area contributed by atoms with Crippen LogP contribution in [0.5, 0.6) is 5.75 Å². The number of aliphatic hydroxyl groups is 1. The molecule has 106 valence electrons. The molecule has 0 aromatic heterocycles. The molecule has 1 amide bonds. The Morgan fingerprint density at radius 1 is 1.37 bits per heavy atom. The standard InChI is InChI=1S/C15H23NO3/c1-10-12(6-5-7-13(10)18)14(19)16-9-11(17)8-15(2,3)4/h5-7,11,17-18H,8-9H2,1-4H3,(H,16,19). The van der Waals surface area contributed by atoms with Gasteiger partial charge in [-0.3, -0.25) is 4.79 Å². The van der Waals surface area contributed by atoms with Crippen LogP contribution in [-0.2, 0) is 0 Å². The van der Waals surface area contributed by atoms with Crippen molar-refractivity contribution < 1.29 is 15.0 Å². The van der Waals surface area contributed by atoms with Gasteiger partial charge in [0.15, 0.2) is 0 Å². The second-order valence-electron chi connectivity index (χ2n) is 6.08. The Morgan fingerprint density at radius 3 is 2.58 bits per heavy atom. The monoisotopic (exact) mass is 265 g/mol. The van der Waals surface area contributed by atoms with Crippen molar-refractivity contribution in [3.8, 4) is 5.75 Å². The molecule has 19 heavy (non-hydrogen) atoms. The van der Waals surface area contributed by atoms with Gasteiger partial charge in [-0.2, -0.15) is 0 Å². The molecule has 0 aliphatic rings. The molecular weight excluding hydrogens is 242 g/mol. The lowest BCUT2D eigenvalue weighted by Gasteiger charge is -2.22. The summed E-state index contributed by atoms with van der Waals surface area (Å²) in [5.74, 6) is -0.177. The number of phenols is 1. The van der Waals surface area contributed by atoms with Gasteiger partial charge in [0.2, 0.25) is 0 Å². The van der Waals surface area contributed by atoms with Crippen LogP contribution in [0, 0.1) is 12.3 Å². The number of nitrogens with one attached hydrogen (secondary N) is 1. The topological polar surface area (TPSA) is 69.6 Å². The van der Waals surface area contributed by atoms with Crippen LogP contribution in [0.4, 0.5) is 0 Å². The Hall–Kier alpha value is -1.55. The van der Waals surface area contributed by atoms with Crippen molar-refractivity contribution in [3.63, 3.8) is 0 Å². The lowest BCUT2D eigenvalue weighted by atomic mass is 9.89. The molecule has 1 unspecified atom stereocenters. The second kappa shape index (κ2) is 6.06. The fourth-order valence-electron chi connectivity index (χ4n) is 1.95. The Kier molecular flexibility index (Phi) is 4.95. The SMILES string of the molecule is Cc1c(O)cccc1C(=O)NCC(O)CC(C)(C)C. The Morgan fingerprint density at radius 2 is 2.00 bits per heavy atom. The Labute approximate surface area is 114 Å². The van der Waals surface area contributed by atoms with Crippen LogP contribution in [0.3, 0.4) is 0 Å². The number of rotatable bonds is 4. The summed E-state index contributed by atoms with van der Waals surface area (Å²) in [5, 5.41) is 22.1. The molecule has 1 atom stereocenters. The number of aromatic hydroxyl groups is 1. The number of carbonyl (C=O) groups is 1. The summed E-state index contributed by atoms with van der Waals surface area (Å²) in [5.41, 5.74) is 0.999. The van der Waals surface area contributed by atoms with E-state index in [0.717, 1.165) is 0 Å². The summed E-state index contributed by atoms with van der Waals surface area (Å²) in [6, 6.07) is 4.82. The van der Waals surface area contributed by atoms with E-state index in [9.17, 15) is 15.0 Å². The highest BCUT2D eigenvalue weighted by Crippen LogP contribution is 2.21. The normalized spacial score (nSPS) is 13.1. The van der Waals surface area contributed by atoms with Gasteiger partial charge in [-0.05, 0) is 30.9 Å². The quantitative estimate of drug-likeness (QED) is 0.782. The van der Waals surface area contributed by atoms with E-state index < -0.39 is 6.10 Å². The third kappa shape index (κ3) is 4.91. The van der Waals surface area contributed by atoms with Gasteiger partial charge in [0.1, 0.15) is 5.75 Å². The molecular formula is C15H23NO3. The number of hydrogen-bond donors (Lipinski definition) is 3. The van der Waals surface area contributed by atoms with Crippen molar-refractivity contribution in [1.82, 2.24) is 5.32 Å². The molecule has 0 heterocycles. The minimum atomic E-state index is -0.568. The first-order valence-corrected chi connectivity index (χ1v) is 6.45. The minimum Gasteiger partial charge on any atom is -0.508 e. The average molecular weight is 265 g/mol. The Balaban J connectivity index is 2.59. The highest BCUT2D eigenvalue weighted by molar-refractivity contribution is 5.96. The van der Waals surface area contributed by atoms with Crippen molar-refractivity contribution in [2.75, 3.05) is 6.54 Å². The maximum absolute atomic E-state index is 12.0. The molecule has 0 saturated carbocycles. The molecule has 0 fully saturated rings. The molecule has 4 heteroatoms. The summed E-state index contributed by atoms with van der Waals surface area (Å²) < 4.78 is 0. The van der Waals surface area contributed by atoms with E-state index in [2.05, 4.69) is 5.32 Å². The maximum atomic E-state index is 12.0. The second-order valence-corrected chi connectivity index (χ2v) is 6.08. The van der Waals surface area contributed by atoms with Crippen molar-refractivity contribution in [1.29, 1.82) is 0 Å². The number of amides is 1. The number of benzene rings is 1. The molecule has 0 aliphatic heterocycles. The van der Waals surface area contributed by atoms with Crippen LogP contribution in [0.2, 0.25) is 0 Å². The summed E-state index contributed by atoms with van der Waals surface area (Å²) >= 11 is 0. The van der Waals surface area contributed by atoms with Gasteiger partial charge in [0.05, 0.1) is 6.10 Å². The summed E-state index contributed by atoms with van der Waals surface area (Å²) in [6.07, 6.45) is 0.0494. The first-order chi connectivity index (χ1) is 8.70. The number of phenolic OH excluding ortho intramolecular Hbond substituents is 1. The van der Waals surface area contributed by atoms with E-state index in [1.165, 1.54) is 0 Å². The van der Waals surface area contributed by atoms with Crippen molar-refractivity contribution in [3.05, 3.63) is 29.3 Å². The van der Waals surface area contributed by atoms with Gasteiger partial charge in [-0.25, -0.2) is 0 Å². The Bertz CT molecular complexity index is 449. The van der Waals surface area contributed by atoms with Gasteiger partial charge in [0, 0.05) is 17.7 Å². The van der Waals surface area contributed by atoms with Gasteiger partial charge < -0.3 is 15.5 Å². The van der Waals surface area contributed by atoms with E-state index in [-0.39, 0.29) is 23.6 Å².